The van der Waals surface area contributed by atoms with Gasteiger partial charge in [0.2, 0.25) is 5.89 Å². The third-order valence-corrected chi connectivity index (χ3v) is 4.70. The third kappa shape index (κ3) is 3.70. The average molecular weight is 362 g/mol. The number of rotatable bonds is 6. The highest BCUT2D eigenvalue weighted by Gasteiger charge is 2.22. The average Bonchev–Trinajstić information content (AvgIpc) is 3.27. The molecule has 0 spiro atoms. The maximum atomic E-state index is 12.7. The van der Waals surface area contributed by atoms with E-state index in [9.17, 15) is 8.78 Å². The highest BCUT2D eigenvalue weighted by Crippen LogP contribution is 2.29. The zero-order chi connectivity index (χ0) is 17.9. The van der Waals surface area contributed by atoms with Gasteiger partial charge in [0.25, 0.3) is 6.43 Å². The van der Waals surface area contributed by atoms with E-state index in [-0.39, 0.29) is 12.6 Å². The number of fused-ring (bicyclic) bond motifs is 1. The minimum absolute atomic E-state index is 0.109. The lowest BCUT2D eigenvalue weighted by molar-refractivity contribution is 0.0915. The van der Waals surface area contributed by atoms with E-state index in [1.165, 1.54) is 6.33 Å². The quantitative estimate of drug-likeness (QED) is 0.673. The molecule has 1 aromatic carbocycles. The summed E-state index contributed by atoms with van der Waals surface area (Å²) in [6.07, 6.45) is 2.61. The second-order valence-corrected chi connectivity index (χ2v) is 6.48. The normalized spacial score (nSPS) is 16.6. The number of hydrogen-bond donors (Lipinski definition) is 0. The number of halogens is 2. The summed E-state index contributed by atoms with van der Waals surface area (Å²) >= 11 is 0. The van der Waals surface area contributed by atoms with Crippen LogP contribution in [0, 0.1) is 0 Å². The molecule has 0 atom stereocenters. The highest BCUT2D eigenvalue weighted by molar-refractivity contribution is 5.86. The van der Waals surface area contributed by atoms with E-state index in [1.807, 2.05) is 24.3 Å². The largest absolute Gasteiger partial charge is 0.490 e. The molecular weight excluding hydrogens is 342 g/mol. The van der Waals surface area contributed by atoms with Crippen LogP contribution in [0.2, 0.25) is 0 Å². The van der Waals surface area contributed by atoms with Crippen LogP contribution in [0.15, 0.2) is 41.3 Å². The maximum Gasteiger partial charge on any atom is 0.256 e. The van der Waals surface area contributed by atoms with Gasteiger partial charge in [0.1, 0.15) is 11.9 Å². The number of nitrogens with zero attached hydrogens (tertiary/aromatic N) is 4. The Hall–Kier alpha value is -2.48. The monoisotopic (exact) mass is 362 g/mol. The Morgan fingerprint density at radius 1 is 1.23 bits per heavy atom. The van der Waals surface area contributed by atoms with Crippen molar-refractivity contribution in [2.75, 3.05) is 13.1 Å². The van der Waals surface area contributed by atoms with Crippen molar-refractivity contribution in [3.63, 3.8) is 0 Å². The Morgan fingerprint density at radius 2 is 2.08 bits per heavy atom. The van der Waals surface area contributed by atoms with Crippen molar-refractivity contribution in [1.82, 2.24) is 19.6 Å². The molecule has 6 nitrogen and oxygen atoms in total. The van der Waals surface area contributed by atoms with Crippen molar-refractivity contribution in [2.24, 2.45) is 0 Å². The molecule has 0 radical (unpaired) electrons. The van der Waals surface area contributed by atoms with Crippen LogP contribution in [-0.4, -0.2) is 45.2 Å². The number of alkyl halides is 2. The Bertz CT molecular complexity index is 842. The van der Waals surface area contributed by atoms with Gasteiger partial charge in [-0.3, -0.25) is 4.90 Å². The number of likely N-dealkylation sites (tertiary alicyclic amines) is 1. The summed E-state index contributed by atoms with van der Waals surface area (Å²) in [5.41, 5.74) is 0.775. The van der Waals surface area contributed by atoms with Crippen LogP contribution in [0.5, 0.6) is 5.75 Å². The van der Waals surface area contributed by atoms with Crippen molar-refractivity contribution in [3.8, 4) is 5.75 Å². The first-order valence-corrected chi connectivity index (χ1v) is 8.69. The van der Waals surface area contributed by atoms with E-state index in [1.54, 1.807) is 10.8 Å². The van der Waals surface area contributed by atoms with Crippen molar-refractivity contribution in [3.05, 3.63) is 42.7 Å². The molecule has 0 aliphatic carbocycles. The molecule has 0 amide bonds. The van der Waals surface area contributed by atoms with E-state index >= 15 is 0 Å². The van der Waals surface area contributed by atoms with Crippen molar-refractivity contribution < 1.29 is 18.0 Å². The van der Waals surface area contributed by atoms with E-state index < -0.39 is 6.43 Å². The lowest BCUT2D eigenvalue weighted by Crippen LogP contribution is -2.37. The molecule has 3 heterocycles. The minimum atomic E-state index is -2.38. The van der Waals surface area contributed by atoms with Crippen molar-refractivity contribution in [1.29, 1.82) is 0 Å². The fraction of sp³-hybridized carbons (Fsp3) is 0.444. The zero-order valence-corrected chi connectivity index (χ0v) is 14.2. The standard InChI is InChI=1S/C18H20F2N4O2/c19-17(20)10-24-9-6-14-15(24)2-1-3-16(14)25-13-4-7-23(8-5-13)11-18-21-12-22-26-18/h1-3,6,9,12-13,17H,4-5,7-8,10-11H2. The minimum Gasteiger partial charge on any atom is -0.490 e. The molecule has 1 saturated heterocycles. The number of hydrogen-bond acceptors (Lipinski definition) is 5. The molecule has 26 heavy (non-hydrogen) atoms. The van der Waals surface area contributed by atoms with E-state index in [0.717, 1.165) is 42.6 Å². The van der Waals surface area contributed by atoms with Crippen LogP contribution in [0.25, 0.3) is 10.9 Å². The van der Waals surface area contributed by atoms with Gasteiger partial charge in [0.15, 0.2) is 6.33 Å². The summed E-state index contributed by atoms with van der Waals surface area (Å²) < 4.78 is 38.2. The summed E-state index contributed by atoms with van der Waals surface area (Å²) in [6.45, 7) is 2.12. The van der Waals surface area contributed by atoms with E-state index in [4.69, 9.17) is 9.26 Å². The fourth-order valence-electron chi connectivity index (χ4n) is 3.43. The fourth-order valence-corrected chi connectivity index (χ4v) is 3.43. The summed E-state index contributed by atoms with van der Waals surface area (Å²) in [5.74, 6) is 1.38. The van der Waals surface area contributed by atoms with Gasteiger partial charge in [-0.15, -0.1) is 0 Å². The molecule has 0 unspecified atom stereocenters. The molecular formula is C18H20F2N4O2. The Morgan fingerprint density at radius 3 is 2.81 bits per heavy atom. The van der Waals surface area contributed by atoms with Gasteiger partial charge < -0.3 is 13.8 Å². The zero-order valence-electron chi connectivity index (χ0n) is 14.2. The van der Waals surface area contributed by atoms with Crippen LogP contribution in [-0.2, 0) is 13.1 Å². The number of benzene rings is 1. The maximum absolute atomic E-state index is 12.7. The molecule has 1 aliphatic rings. The van der Waals surface area contributed by atoms with Crippen LogP contribution >= 0.6 is 0 Å². The predicted octanol–water partition coefficient (Wildman–Crippen LogP) is 3.33. The van der Waals surface area contributed by atoms with E-state index in [2.05, 4.69) is 15.0 Å². The van der Waals surface area contributed by atoms with E-state index in [0.29, 0.717) is 12.4 Å². The third-order valence-electron chi connectivity index (χ3n) is 4.70. The van der Waals surface area contributed by atoms with Crippen LogP contribution in [0.3, 0.4) is 0 Å². The molecule has 4 rings (SSSR count). The molecule has 1 aliphatic heterocycles. The van der Waals surface area contributed by atoms with Gasteiger partial charge in [-0.1, -0.05) is 11.2 Å². The highest BCUT2D eigenvalue weighted by atomic mass is 19.3. The number of piperidine rings is 1. The Balaban J connectivity index is 1.39. The van der Waals surface area contributed by atoms with Gasteiger partial charge in [0, 0.05) is 24.7 Å². The summed E-state index contributed by atoms with van der Waals surface area (Å²) in [6, 6.07) is 7.44. The Labute approximate surface area is 149 Å². The molecule has 8 heteroatoms. The van der Waals surface area contributed by atoms with Gasteiger partial charge in [-0.25, -0.2) is 8.78 Å². The number of ether oxygens (including phenoxy) is 1. The SMILES string of the molecule is FC(F)Cn1ccc2c(OC3CCN(Cc4ncno4)CC3)cccc21. The summed E-state index contributed by atoms with van der Waals surface area (Å²) in [4.78, 5) is 6.30. The van der Waals surface area contributed by atoms with Crippen molar-refractivity contribution in [2.45, 2.75) is 38.5 Å². The molecule has 0 saturated carbocycles. The molecule has 3 aromatic rings. The molecule has 138 valence electrons. The molecule has 2 aromatic heterocycles. The van der Waals surface area contributed by atoms with Gasteiger partial charge in [-0.05, 0) is 31.0 Å². The number of aromatic nitrogens is 3. The van der Waals surface area contributed by atoms with Gasteiger partial charge >= 0.3 is 0 Å². The second-order valence-electron chi connectivity index (χ2n) is 6.48. The first-order valence-electron chi connectivity index (χ1n) is 8.69. The Kier molecular flexibility index (Phi) is 4.83. The first kappa shape index (κ1) is 17.0. The molecule has 1 fully saturated rings. The lowest BCUT2D eigenvalue weighted by Gasteiger charge is -2.31. The second kappa shape index (κ2) is 7.41. The van der Waals surface area contributed by atoms with Crippen LogP contribution in [0.1, 0.15) is 18.7 Å². The molecule has 0 bridgehead atoms. The van der Waals surface area contributed by atoms with Crippen molar-refractivity contribution >= 4 is 10.9 Å². The first-order chi connectivity index (χ1) is 12.7. The summed E-state index contributed by atoms with van der Waals surface area (Å²) in [5, 5.41) is 4.50. The van der Waals surface area contributed by atoms with Crippen LogP contribution < -0.4 is 4.74 Å². The van der Waals surface area contributed by atoms with Crippen LogP contribution in [0.4, 0.5) is 8.78 Å². The topological polar surface area (TPSA) is 56.3 Å². The smallest absolute Gasteiger partial charge is 0.256 e. The lowest BCUT2D eigenvalue weighted by atomic mass is 10.1. The van der Waals surface area contributed by atoms with Gasteiger partial charge in [0.05, 0.1) is 18.6 Å². The summed E-state index contributed by atoms with van der Waals surface area (Å²) in [7, 11) is 0. The predicted molar refractivity (Wildman–Crippen MR) is 91.2 cm³/mol. The van der Waals surface area contributed by atoms with Gasteiger partial charge in [-0.2, -0.15) is 4.98 Å². The molecule has 0 N–H and O–H groups in total.